The van der Waals surface area contributed by atoms with Gasteiger partial charge in [-0.05, 0) is 55.9 Å². The Hall–Kier alpha value is -0.930. The Morgan fingerprint density at radius 3 is 2.89 bits per heavy atom. The van der Waals surface area contributed by atoms with E-state index in [-0.39, 0.29) is 11.4 Å². The maximum atomic E-state index is 13.1. The molecular formula is C16H23FN2. The van der Waals surface area contributed by atoms with Gasteiger partial charge in [0, 0.05) is 31.7 Å². The number of aryl methyl sites for hydroxylation is 1. The summed E-state index contributed by atoms with van der Waals surface area (Å²) in [6.45, 7) is 8.55. The van der Waals surface area contributed by atoms with Crippen LogP contribution in [0.2, 0.25) is 0 Å². The number of hydrogen-bond acceptors (Lipinski definition) is 2. The largest absolute Gasteiger partial charge is 0.309 e. The SMILES string of the molecule is Cc1cc(F)ccc1CN1CCNC(C)(C2CC2)C1. The molecule has 1 saturated carbocycles. The van der Waals surface area contributed by atoms with Crippen molar-refractivity contribution in [1.82, 2.24) is 10.2 Å². The predicted molar refractivity (Wildman–Crippen MR) is 75.5 cm³/mol. The lowest BCUT2D eigenvalue weighted by molar-refractivity contribution is 0.121. The topological polar surface area (TPSA) is 15.3 Å². The lowest BCUT2D eigenvalue weighted by atomic mass is 9.92. The van der Waals surface area contributed by atoms with Gasteiger partial charge in [0.15, 0.2) is 0 Å². The van der Waals surface area contributed by atoms with E-state index in [1.54, 1.807) is 12.1 Å². The number of benzene rings is 1. The van der Waals surface area contributed by atoms with E-state index in [9.17, 15) is 4.39 Å². The number of nitrogens with zero attached hydrogens (tertiary/aromatic N) is 1. The minimum atomic E-state index is -0.135. The molecule has 0 amide bonds. The summed E-state index contributed by atoms with van der Waals surface area (Å²) in [5.74, 6) is 0.717. The summed E-state index contributed by atoms with van der Waals surface area (Å²) < 4.78 is 13.1. The second kappa shape index (κ2) is 4.88. The smallest absolute Gasteiger partial charge is 0.123 e. The van der Waals surface area contributed by atoms with E-state index in [1.165, 1.54) is 18.4 Å². The molecule has 104 valence electrons. The van der Waals surface area contributed by atoms with Crippen LogP contribution in [-0.2, 0) is 6.54 Å². The highest BCUT2D eigenvalue weighted by Crippen LogP contribution is 2.40. The first-order chi connectivity index (χ1) is 9.07. The average Bonchev–Trinajstić information content (AvgIpc) is 3.17. The molecule has 1 heterocycles. The van der Waals surface area contributed by atoms with Crippen molar-refractivity contribution in [3.05, 3.63) is 35.1 Å². The van der Waals surface area contributed by atoms with Crippen molar-refractivity contribution in [1.29, 1.82) is 0 Å². The molecule has 1 aromatic carbocycles. The lowest BCUT2D eigenvalue weighted by Gasteiger charge is -2.42. The Bertz CT molecular complexity index is 470. The Balaban J connectivity index is 1.69. The van der Waals surface area contributed by atoms with Crippen molar-refractivity contribution in [3.8, 4) is 0 Å². The van der Waals surface area contributed by atoms with Crippen LogP contribution in [0.3, 0.4) is 0 Å². The number of hydrogen-bond donors (Lipinski definition) is 1. The molecule has 1 saturated heterocycles. The van der Waals surface area contributed by atoms with Crippen molar-refractivity contribution in [2.45, 2.75) is 38.8 Å². The summed E-state index contributed by atoms with van der Waals surface area (Å²) in [4.78, 5) is 2.51. The summed E-state index contributed by atoms with van der Waals surface area (Å²) in [7, 11) is 0. The zero-order valence-electron chi connectivity index (χ0n) is 11.9. The van der Waals surface area contributed by atoms with Crippen LogP contribution in [-0.4, -0.2) is 30.1 Å². The van der Waals surface area contributed by atoms with E-state index in [2.05, 4.69) is 17.1 Å². The van der Waals surface area contributed by atoms with Crippen LogP contribution >= 0.6 is 0 Å². The second-order valence-corrected chi connectivity index (χ2v) is 6.40. The molecular weight excluding hydrogens is 239 g/mol. The summed E-state index contributed by atoms with van der Waals surface area (Å²) in [6, 6.07) is 5.14. The highest BCUT2D eigenvalue weighted by Gasteiger charge is 2.43. The normalized spacial score (nSPS) is 28.6. The molecule has 0 bridgehead atoms. The maximum absolute atomic E-state index is 13.1. The molecule has 3 heteroatoms. The molecule has 19 heavy (non-hydrogen) atoms. The molecule has 0 spiro atoms. The third-order valence-electron chi connectivity index (χ3n) is 4.69. The Kier molecular flexibility index (Phi) is 3.35. The van der Waals surface area contributed by atoms with Gasteiger partial charge in [0.1, 0.15) is 5.82 Å². The van der Waals surface area contributed by atoms with Gasteiger partial charge in [-0.2, -0.15) is 0 Å². The van der Waals surface area contributed by atoms with Crippen LogP contribution in [0.1, 0.15) is 30.9 Å². The molecule has 1 aromatic rings. The monoisotopic (exact) mass is 262 g/mol. The van der Waals surface area contributed by atoms with Gasteiger partial charge in [-0.25, -0.2) is 4.39 Å². The fraction of sp³-hybridized carbons (Fsp3) is 0.625. The molecule has 1 aliphatic carbocycles. The van der Waals surface area contributed by atoms with Crippen LogP contribution in [0.25, 0.3) is 0 Å². The standard InChI is InChI=1S/C16H23FN2/c1-12-9-15(17)6-3-13(12)10-19-8-7-18-16(2,11-19)14-4-5-14/h3,6,9,14,18H,4-5,7-8,10-11H2,1-2H3. The fourth-order valence-corrected chi connectivity index (χ4v) is 3.31. The van der Waals surface area contributed by atoms with E-state index >= 15 is 0 Å². The van der Waals surface area contributed by atoms with Gasteiger partial charge in [-0.15, -0.1) is 0 Å². The van der Waals surface area contributed by atoms with Gasteiger partial charge in [-0.1, -0.05) is 6.07 Å². The molecule has 1 unspecified atom stereocenters. The van der Waals surface area contributed by atoms with Gasteiger partial charge in [0.2, 0.25) is 0 Å². The van der Waals surface area contributed by atoms with Crippen LogP contribution in [0.5, 0.6) is 0 Å². The minimum Gasteiger partial charge on any atom is -0.309 e. The number of rotatable bonds is 3. The number of halogens is 1. The van der Waals surface area contributed by atoms with Gasteiger partial charge in [0.25, 0.3) is 0 Å². The van der Waals surface area contributed by atoms with Gasteiger partial charge in [-0.3, -0.25) is 4.90 Å². The van der Waals surface area contributed by atoms with Crippen LogP contribution in [0.4, 0.5) is 4.39 Å². The highest BCUT2D eigenvalue weighted by atomic mass is 19.1. The third kappa shape index (κ3) is 2.82. The quantitative estimate of drug-likeness (QED) is 0.901. The van der Waals surface area contributed by atoms with Crippen molar-refractivity contribution < 1.29 is 4.39 Å². The second-order valence-electron chi connectivity index (χ2n) is 6.40. The van der Waals surface area contributed by atoms with E-state index in [0.717, 1.165) is 37.7 Å². The van der Waals surface area contributed by atoms with Crippen molar-refractivity contribution in [2.24, 2.45) is 5.92 Å². The van der Waals surface area contributed by atoms with E-state index in [1.807, 2.05) is 13.0 Å². The van der Waals surface area contributed by atoms with Gasteiger partial charge >= 0.3 is 0 Å². The first-order valence-electron chi connectivity index (χ1n) is 7.29. The Morgan fingerprint density at radius 1 is 1.42 bits per heavy atom. The summed E-state index contributed by atoms with van der Waals surface area (Å²) >= 11 is 0. The van der Waals surface area contributed by atoms with Crippen molar-refractivity contribution in [3.63, 3.8) is 0 Å². The number of piperazine rings is 1. The van der Waals surface area contributed by atoms with E-state index < -0.39 is 0 Å². The van der Waals surface area contributed by atoms with Crippen LogP contribution in [0, 0.1) is 18.7 Å². The highest BCUT2D eigenvalue weighted by molar-refractivity contribution is 5.26. The van der Waals surface area contributed by atoms with E-state index in [4.69, 9.17) is 0 Å². The molecule has 1 N–H and O–H groups in total. The van der Waals surface area contributed by atoms with E-state index in [0.29, 0.717) is 0 Å². The number of nitrogens with one attached hydrogen (secondary N) is 1. The Morgan fingerprint density at radius 2 is 2.21 bits per heavy atom. The van der Waals surface area contributed by atoms with Crippen molar-refractivity contribution >= 4 is 0 Å². The molecule has 2 aliphatic rings. The first kappa shape index (κ1) is 13.1. The van der Waals surface area contributed by atoms with Crippen LogP contribution in [0.15, 0.2) is 18.2 Å². The molecule has 0 radical (unpaired) electrons. The molecule has 2 nitrogen and oxygen atoms in total. The average molecular weight is 262 g/mol. The first-order valence-corrected chi connectivity index (χ1v) is 7.29. The third-order valence-corrected chi connectivity index (χ3v) is 4.69. The minimum absolute atomic E-state index is 0.135. The molecule has 3 rings (SSSR count). The van der Waals surface area contributed by atoms with Gasteiger partial charge in [0.05, 0.1) is 0 Å². The summed E-state index contributed by atoms with van der Waals surface area (Å²) in [5.41, 5.74) is 2.60. The summed E-state index contributed by atoms with van der Waals surface area (Å²) in [5, 5.41) is 3.70. The van der Waals surface area contributed by atoms with Crippen LogP contribution < -0.4 is 5.32 Å². The van der Waals surface area contributed by atoms with Gasteiger partial charge < -0.3 is 5.32 Å². The molecule has 1 aliphatic heterocycles. The maximum Gasteiger partial charge on any atom is 0.123 e. The molecule has 0 aromatic heterocycles. The van der Waals surface area contributed by atoms with Crippen molar-refractivity contribution in [2.75, 3.05) is 19.6 Å². The molecule has 1 atom stereocenters. The molecule has 2 fully saturated rings. The Labute approximate surface area is 115 Å². The summed E-state index contributed by atoms with van der Waals surface area (Å²) in [6.07, 6.45) is 2.74. The fourth-order valence-electron chi connectivity index (χ4n) is 3.31. The zero-order valence-corrected chi connectivity index (χ0v) is 11.9. The zero-order chi connectivity index (χ0) is 13.5. The predicted octanol–water partition coefficient (Wildman–Crippen LogP) is 2.71. The lowest BCUT2D eigenvalue weighted by Crippen LogP contribution is -2.59.